The highest BCUT2D eigenvalue weighted by atomic mass is 16.5. The standard InChI is InChI=1S/C27H26N2O4/c1-19-16-22-14-8-9-15-24(22)29(19)25(30)18-33-27(32)23(17-20-10-4-2-5-11-20)28-26(31)21-12-6-3-7-13-21/h2-15,19,23H,16-18H2,1H3,(H,28,31)/t19-,23-/m1/s1. The first-order valence-electron chi connectivity index (χ1n) is 11.0. The summed E-state index contributed by atoms with van der Waals surface area (Å²) in [7, 11) is 0. The van der Waals surface area contributed by atoms with Gasteiger partial charge in [0.15, 0.2) is 6.61 Å². The first kappa shape index (κ1) is 22.3. The maximum Gasteiger partial charge on any atom is 0.329 e. The molecule has 168 valence electrons. The lowest BCUT2D eigenvalue weighted by molar-refractivity contribution is -0.149. The van der Waals surface area contributed by atoms with Crippen molar-refractivity contribution in [2.24, 2.45) is 0 Å². The molecule has 0 bridgehead atoms. The number of hydrogen-bond acceptors (Lipinski definition) is 4. The number of nitrogens with one attached hydrogen (secondary N) is 1. The minimum Gasteiger partial charge on any atom is -0.454 e. The normalized spacial score (nSPS) is 15.4. The third-order valence-electron chi connectivity index (χ3n) is 5.72. The van der Waals surface area contributed by atoms with Gasteiger partial charge in [-0.2, -0.15) is 0 Å². The van der Waals surface area contributed by atoms with Crippen molar-refractivity contribution in [2.75, 3.05) is 11.5 Å². The van der Waals surface area contributed by atoms with Crippen molar-refractivity contribution < 1.29 is 19.1 Å². The number of fused-ring (bicyclic) bond motifs is 1. The Balaban J connectivity index is 1.44. The van der Waals surface area contributed by atoms with Gasteiger partial charge < -0.3 is 15.0 Å². The molecule has 1 aliphatic rings. The third kappa shape index (κ3) is 5.29. The van der Waals surface area contributed by atoms with Crippen molar-refractivity contribution in [3.05, 3.63) is 102 Å². The summed E-state index contributed by atoms with van der Waals surface area (Å²) in [6, 6.07) is 24.9. The number of esters is 1. The molecule has 0 aromatic heterocycles. The van der Waals surface area contributed by atoms with E-state index in [-0.39, 0.29) is 30.9 Å². The molecule has 3 aromatic carbocycles. The molecule has 2 amide bonds. The molecular weight excluding hydrogens is 416 g/mol. The van der Waals surface area contributed by atoms with Crippen LogP contribution in [0, 0.1) is 0 Å². The molecule has 0 aliphatic carbocycles. The number of anilines is 1. The van der Waals surface area contributed by atoms with Crippen LogP contribution in [0.5, 0.6) is 0 Å². The van der Waals surface area contributed by atoms with Gasteiger partial charge in [0.2, 0.25) is 0 Å². The quantitative estimate of drug-likeness (QED) is 0.568. The van der Waals surface area contributed by atoms with Gasteiger partial charge in [-0.25, -0.2) is 4.79 Å². The number of hydrogen-bond donors (Lipinski definition) is 1. The molecule has 0 fully saturated rings. The van der Waals surface area contributed by atoms with Gasteiger partial charge in [0, 0.05) is 23.7 Å². The summed E-state index contributed by atoms with van der Waals surface area (Å²) in [4.78, 5) is 40.2. The number of nitrogens with zero attached hydrogens (tertiary/aromatic N) is 1. The summed E-state index contributed by atoms with van der Waals surface area (Å²) in [5.41, 5.74) is 3.27. The van der Waals surface area contributed by atoms with Gasteiger partial charge in [0.05, 0.1) is 0 Å². The summed E-state index contributed by atoms with van der Waals surface area (Å²) < 4.78 is 5.41. The SMILES string of the molecule is C[C@@H]1Cc2ccccc2N1C(=O)COC(=O)[C@@H](Cc1ccccc1)NC(=O)c1ccccc1. The lowest BCUT2D eigenvalue weighted by Gasteiger charge is -2.23. The Bertz CT molecular complexity index is 1130. The molecule has 33 heavy (non-hydrogen) atoms. The lowest BCUT2D eigenvalue weighted by Crippen LogP contribution is -2.45. The second kappa shape index (κ2) is 10.1. The van der Waals surface area contributed by atoms with E-state index in [9.17, 15) is 14.4 Å². The summed E-state index contributed by atoms with van der Waals surface area (Å²) >= 11 is 0. The number of benzene rings is 3. The van der Waals surface area contributed by atoms with Crippen molar-refractivity contribution >= 4 is 23.5 Å². The van der Waals surface area contributed by atoms with Crippen LogP contribution in [-0.2, 0) is 27.2 Å². The van der Waals surface area contributed by atoms with E-state index in [0.29, 0.717) is 5.56 Å². The van der Waals surface area contributed by atoms with Crippen LogP contribution in [0.1, 0.15) is 28.4 Å². The molecule has 3 aromatic rings. The van der Waals surface area contributed by atoms with Crippen LogP contribution in [0.4, 0.5) is 5.69 Å². The Morgan fingerprint density at radius 2 is 1.58 bits per heavy atom. The molecule has 0 unspecified atom stereocenters. The zero-order valence-corrected chi connectivity index (χ0v) is 18.4. The molecule has 0 radical (unpaired) electrons. The first-order valence-corrected chi connectivity index (χ1v) is 11.0. The molecule has 1 aliphatic heterocycles. The zero-order valence-electron chi connectivity index (χ0n) is 18.4. The molecule has 6 heteroatoms. The second-order valence-electron chi connectivity index (χ2n) is 8.14. The van der Waals surface area contributed by atoms with Crippen LogP contribution < -0.4 is 10.2 Å². The van der Waals surface area contributed by atoms with Crippen molar-refractivity contribution in [1.82, 2.24) is 5.32 Å². The van der Waals surface area contributed by atoms with Crippen LogP contribution in [0.15, 0.2) is 84.9 Å². The summed E-state index contributed by atoms with van der Waals surface area (Å²) in [5, 5.41) is 2.76. The fourth-order valence-electron chi connectivity index (χ4n) is 4.12. The number of carbonyl (C=O) groups excluding carboxylic acids is 3. The van der Waals surface area contributed by atoms with E-state index in [1.54, 1.807) is 29.2 Å². The minimum atomic E-state index is -0.920. The number of ether oxygens (including phenoxy) is 1. The average Bonchev–Trinajstić information content (AvgIpc) is 3.18. The largest absolute Gasteiger partial charge is 0.454 e. The van der Waals surface area contributed by atoms with E-state index in [1.165, 1.54) is 0 Å². The minimum absolute atomic E-state index is 0.00787. The van der Waals surface area contributed by atoms with E-state index < -0.39 is 12.0 Å². The van der Waals surface area contributed by atoms with E-state index in [1.807, 2.05) is 67.6 Å². The highest BCUT2D eigenvalue weighted by Crippen LogP contribution is 2.31. The highest BCUT2D eigenvalue weighted by molar-refractivity contribution is 5.99. The van der Waals surface area contributed by atoms with Gasteiger partial charge in [-0.1, -0.05) is 66.7 Å². The van der Waals surface area contributed by atoms with Gasteiger partial charge >= 0.3 is 5.97 Å². The molecular formula is C27H26N2O4. The smallest absolute Gasteiger partial charge is 0.329 e. The molecule has 0 saturated heterocycles. The highest BCUT2D eigenvalue weighted by Gasteiger charge is 2.32. The topological polar surface area (TPSA) is 75.7 Å². The summed E-state index contributed by atoms with van der Waals surface area (Å²) in [6.07, 6.45) is 1.02. The van der Waals surface area contributed by atoms with E-state index in [4.69, 9.17) is 4.74 Å². The van der Waals surface area contributed by atoms with E-state index in [2.05, 4.69) is 5.32 Å². The van der Waals surface area contributed by atoms with Crippen LogP contribution in [0.25, 0.3) is 0 Å². The van der Waals surface area contributed by atoms with E-state index >= 15 is 0 Å². The van der Waals surface area contributed by atoms with Crippen LogP contribution in [0.2, 0.25) is 0 Å². The molecule has 6 nitrogen and oxygen atoms in total. The van der Waals surface area contributed by atoms with Crippen molar-refractivity contribution in [3.63, 3.8) is 0 Å². The third-order valence-corrected chi connectivity index (χ3v) is 5.72. The maximum atomic E-state index is 13.0. The zero-order chi connectivity index (χ0) is 23.2. The maximum absolute atomic E-state index is 13.0. The number of amides is 2. The van der Waals surface area contributed by atoms with Gasteiger partial charge in [-0.15, -0.1) is 0 Å². The Morgan fingerprint density at radius 1 is 0.939 bits per heavy atom. The van der Waals surface area contributed by atoms with Crippen molar-refractivity contribution in [3.8, 4) is 0 Å². The summed E-state index contributed by atoms with van der Waals surface area (Å²) in [5.74, 6) is -1.30. The van der Waals surface area contributed by atoms with Crippen LogP contribution >= 0.6 is 0 Å². The van der Waals surface area contributed by atoms with E-state index in [0.717, 1.165) is 23.2 Å². The monoisotopic (exact) mass is 442 g/mol. The van der Waals surface area contributed by atoms with Gasteiger partial charge in [0.1, 0.15) is 6.04 Å². The molecule has 1 N–H and O–H groups in total. The lowest BCUT2D eigenvalue weighted by atomic mass is 10.1. The molecule has 0 spiro atoms. The Kier molecular flexibility index (Phi) is 6.83. The number of carbonyl (C=O) groups is 3. The van der Waals surface area contributed by atoms with Gasteiger partial charge in [-0.3, -0.25) is 9.59 Å². The Morgan fingerprint density at radius 3 is 2.30 bits per heavy atom. The molecule has 0 saturated carbocycles. The molecule has 2 atom stereocenters. The predicted octanol–water partition coefficient (Wildman–Crippen LogP) is 3.55. The van der Waals surface area contributed by atoms with Crippen molar-refractivity contribution in [2.45, 2.75) is 31.8 Å². The van der Waals surface area contributed by atoms with Gasteiger partial charge in [0.25, 0.3) is 11.8 Å². The number of para-hydroxylation sites is 1. The fraction of sp³-hybridized carbons (Fsp3) is 0.222. The molecule has 4 rings (SSSR count). The van der Waals surface area contributed by atoms with Crippen LogP contribution in [-0.4, -0.2) is 36.5 Å². The van der Waals surface area contributed by atoms with Crippen molar-refractivity contribution in [1.29, 1.82) is 0 Å². The first-order chi connectivity index (χ1) is 16.0. The summed E-state index contributed by atoms with van der Waals surface area (Å²) in [6.45, 7) is 1.59. The predicted molar refractivity (Wildman–Crippen MR) is 126 cm³/mol. The Labute approximate surface area is 193 Å². The molecule has 1 heterocycles. The second-order valence-corrected chi connectivity index (χ2v) is 8.14. The van der Waals surface area contributed by atoms with Gasteiger partial charge in [-0.05, 0) is 42.7 Å². The number of rotatable bonds is 7. The average molecular weight is 443 g/mol. The van der Waals surface area contributed by atoms with Crippen LogP contribution in [0.3, 0.4) is 0 Å². The Hall–Kier alpha value is -3.93. The fourth-order valence-corrected chi connectivity index (χ4v) is 4.12.